The monoisotopic (exact) mass is 403 g/mol. The van der Waals surface area contributed by atoms with Crippen molar-refractivity contribution in [1.29, 1.82) is 0 Å². The third-order valence-electron chi connectivity index (χ3n) is 4.82. The van der Waals surface area contributed by atoms with E-state index < -0.39 is 10.0 Å². The Kier molecular flexibility index (Phi) is 8.17. The summed E-state index contributed by atoms with van der Waals surface area (Å²) in [6, 6.07) is 16.4. The molecule has 0 aromatic heterocycles. The van der Waals surface area contributed by atoms with E-state index in [1.54, 1.807) is 12.1 Å². The van der Waals surface area contributed by atoms with Crippen LogP contribution in [0, 0.1) is 0 Å². The number of nitrogens with zero attached hydrogens (tertiary/aromatic N) is 1. The van der Waals surface area contributed by atoms with Crippen molar-refractivity contribution in [2.75, 3.05) is 26.7 Å². The Morgan fingerprint density at radius 1 is 1.04 bits per heavy atom. The summed E-state index contributed by atoms with van der Waals surface area (Å²) in [5.74, 6) is -0.279. The van der Waals surface area contributed by atoms with Crippen molar-refractivity contribution in [1.82, 2.24) is 14.9 Å². The average molecular weight is 404 g/mol. The van der Waals surface area contributed by atoms with E-state index in [1.165, 1.54) is 24.7 Å². The molecule has 0 bridgehead atoms. The van der Waals surface area contributed by atoms with E-state index >= 15 is 0 Å². The van der Waals surface area contributed by atoms with E-state index in [2.05, 4.69) is 40.9 Å². The van der Waals surface area contributed by atoms with Gasteiger partial charge in [-0.15, -0.1) is 0 Å². The summed E-state index contributed by atoms with van der Waals surface area (Å²) >= 11 is 0. The Hall–Kier alpha value is -2.22. The number of likely N-dealkylation sites (N-methyl/N-ethyl adjacent to an activating group) is 1. The number of hydrogen-bond acceptors (Lipinski definition) is 4. The number of carbonyl (C=O) groups excluding carboxylic acids is 1. The van der Waals surface area contributed by atoms with Crippen molar-refractivity contribution in [3.05, 3.63) is 65.7 Å². The lowest BCUT2D eigenvalue weighted by molar-refractivity contribution is 0.0934. The third kappa shape index (κ3) is 5.89. The van der Waals surface area contributed by atoms with Crippen LogP contribution in [0.1, 0.15) is 29.8 Å². The Balaban J connectivity index is 2.11. The van der Waals surface area contributed by atoms with Crippen LogP contribution in [-0.4, -0.2) is 51.9 Å². The maximum Gasteiger partial charge on any atom is 0.251 e. The van der Waals surface area contributed by atoms with Crippen molar-refractivity contribution in [2.24, 2.45) is 0 Å². The van der Waals surface area contributed by atoms with Gasteiger partial charge in [0.25, 0.3) is 5.91 Å². The normalized spacial score (nSPS) is 12.7. The number of sulfonamides is 1. The Morgan fingerprint density at radius 2 is 1.71 bits per heavy atom. The summed E-state index contributed by atoms with van der Waals surface area (Å²) in [4.78, 5) is 15.0. The predicted octanol–water partition coefficient (Wildman–Crippen LogP) is 2.28. The van der Waals surface area contributed by atoms with E-state index in [0.717, 1.165) is 19.5 Å². The molecule has 7 heteroatoms. The molecule has 1 atom stereocenters. The van der Waals surface area contributed by atoms with Gasteiger partial charge in [0.15, 0.2) is 0 Å². The minimum absolute atomic E-state index is 0.0761. The highest BCUT2D eigenvalue weighted by Crippen LogP contribution is 2.12. The molecule has 0 aliphatic carbocycles. The Morgan fingerprint density at radius 3 is 2.32 bits per heavy atom. The summed E-state index contributed by atoms with van der Waals surface area (Å²) < 4.78 is 26.2. The molecule has 0 saturated heterocycles. The minimum Gasteiger partial charge on any atom is -0.350 e. The zero-order valence-corrected chi connectivity index (χ0v) is 17.5. The molecule has 28 heavy (non-hydrogen) atoms. The van der Waals surface area contributed by atoms with Crippen LogP contribution in [0.25, 0.3) is 0 Å². The van der Waals surface area contributed by atoms with E-state index in [0.29, 0.717) is 12.1 Å². The van der Waals surface area contributed by atoms with Gasteiger partial charge in [-0.25, -0.2) is 13.1 Å². The molecule has 2 rings (SSSR count). The van der Waals surface area contributed by atoms with Crippen LogP contribution >= 0.6 is 0 Å². The minimum atomic E-state index is -3.59. The summed E-state index contributed by atoms with van der Waals surface area (Å²) in [5.41, 5.74) is 1.55. The van der Waals surface area contributed by atoms with Crippen molar-refractivity contribution >= 4 is 15.9 Å². The molecule has 1 amide bonds. The van der Waals surface area contributed by atoms with Crippen LogP contribution < -0.4 is 10.0 Å². The largest absolute Gasteiger partial charge is 0.350 e. The second-order valence-corrected chi connectivity index (χ2v) is 8.40. The number of benzene rings is 2. The van der Waals surface area contributed by atoms with Gasteiger partial charge in [-0.05, 0) is 50.3 Å². The van der Waals surface area contributed by atoms with Gasteiger partial charge in [0.2, 0.25) is 10.0 Å². The van der Waals surface area contributed by atoms with Crippen molar-refractivity contribution < 1.29 is 13.2 Å². The molecule has 0 radical (unpaired) electrons. The number of rotatable bonds is 10. The topological polar surface area (TPSA) is 78.5 Å². The molecule has 0 fully saturated rings. The maximum atomic E-state index is 12.6. The molecule has 2 N–H and O–H groups in total. The SMILES string of the molecule is CCN(CC)[C@@H](CNC(=O)c1cccc(S(=O)(=O)NC)c1)Cc1ccccc1. The van der Waals surface area contributed by atoms with E-state index in [-0.39, 0.29) is 16.8 Å². The van der Waals surface area contributed by atoms with Gasteiger partial charge >= 0.3 is 0 Å². The predicted molar refractivity (Wildman–Crippen MR) is 112 cm³/mol. The van der Waals surface area contributed by atoms with Crippen LogP contribution in [-0.2, 0) is 16.4 Å². The second kappa shape index (κ2) is 10.4. The smallest absolute Gasteiger partial charge is 0.251 e. The Labute approximate surface area is 168 Å². The zero-order chi connectivity index (χ0) is 20.6. The van der Waals surface area contributed by atoms with Gasteiger partial charge in [0.1, 0.15) is 0 Å². The summed E-state index contributed by atoms with van der Waals surface area (Å²) in [5, 5.41) is 2.97. The molecule has 0 heterocycles. The molecule has 6 nitrogen and oxygen atoms in total. The first-order chi connectivity index (χ1) is 13.4. The summed E-state index contributed by atoms with van der Waals surface area (Å²) in [7, 11) is -2.24. The van der Waals surface area contributed by atoms with Crippen LogP contribution in [0.15, 0.2) is 59.5 Å². The van der Waals surface area contributed by atoms with Gasteiger partial charge < -0.3 is 5.32 Å². The van der Waals surface area contributed by atoms with Gasteiger partial charge in [-0.2, -0.15) is 0 Å². The number of amides is 1. The first-order valence-electron chi connectivity index (χ1n) is 9.51. The first-order valence-corrected chi connectivity index (χ1v) is 11.0. The quantitative estimate of drug-likeness (QED) is 0.638. The molecule has 0 aliphatic heterocycles. The zero-order valence-electron chi connectivity index (χ0n) is 16.7. The lowest BCUT2D eigenvalue weighted by Gasteiger charge is -2.30. The maximum absolute atomic E-state index is 12.6. The molecule has 0 aliphatic rings. The van der Waals surface area contributed by atoms with Crippen LogP contribution in [0.5, 0.6) is 0 Å². The van der Waals surface area contributed by atoms with Crippen molar-refractivity contribution in [2.45, 2.75) is 31.2 Å². The highest BCUT2D eigenvalue weighted by atomic mass is 32.2. The highest BCUT2D eigenvalue weighted by Gasteiger charge is 2.19. The van der Waals surface area contributed by atoms with Crippen molar-refractivity contribution in [3.8, 4) is 0 Å². The fraction of sp³-hybridized carbons (Fsp3) is 0.381. The average Bonchev–Trinajstić information content (AvgIpc) is 2.73. The van der Waals surface area contributed by atoms with E-state index in [1.807, 2.05) is 18.2 Å². The van der Waals surface area contributed by atoms with Crippen molar-refractivity contribution in [3.63, 3.8) is 0 Å². The highest BCUT2D eigenvalue weighted by molar-refractivity contribution is 7.89. The van der Waals surface area contributed by atoms with Gasteiger partial charge in [0.05, 0.1) is 4.90 Å². The molecular formula is C21H29N3O3S. The first kappa shape index (κ1) is 22.1. The molecule has 0 spiro atoms. The standard InChI is InChI=1S/C21H29N3O3S/c1-4-24(5-2)19(14-17-10-7-6-8-11-17)16-23-21(25)18-12-9-13-20(15-18)28(26,27)22-3/h6-13,15,19,22H,4-5,14,16H2,1-3H3,(H,23,25)/t19-/m1/s1. The lowest BCUT2D eigenvalue weighted by atomic mass is 10.0. The van der Waals surface area contributed by atoms with Gasteiger partial charge in [-0.1, -0.05) is 50.2 Å². The van der Waals surface area contributed by atoms with Crippen LogP contribution in [0.4, 0.5) is 0 Å². The number of nitrogens with one attached hydrogen (secondary N) is 2. The Bertz CT molecular complexity index is 865. The fourth-order valence-corrected chi connectivity index (χ4v) is 3.97. The molecule has 0 unspecified atom stereocenters. The molecule has 0 saturated carbocycles. The van der Waals surface area contributed by atoms with E-state index in [9.17, 15) is 13.2 Å². The lowest BCUT2D eigenvalue weighted by Crippen LogP contribution is -2.45. The molecule has 152 valence electrons. The molecular weight excluding hydrogens is 374 g/mol. The number of carbonyl (C=O) groups is 1. The van der Waals surface area contributed by atoms with Crippen LogP contribution in [0.2, 0.25) is 0 Å². The molecule has 2 aromatic carbocycles. The summed E-state index contributed by atoms with van der Waals surface area (Å²) in [6.45, 7) is 6.47. The fourth-order valence-electron chi connectivity index (χ4n) is 3.19. The molecule has 2 aromatic rings. The second-order valence-electron chi connectivity index (χ2n) is 6.51. The number of hydrogen-bond donors (Lipinski definition) is 2. The van der Waals surface area contributed by atoms with E-state index in [4.69, 9.17) is 0 Å². The van der Waals surface area contributed by atoms with Crippen LogP contribution in [0.3, 0.4) is 0 Å². The third-order valence-corrected chi connectivity index (χ3v) is 6.23. The van der Waals surface area contributed by atoms with Gasteiger partial charge in [0, 0.05) is 18.2 Å². The summed E-state index contributed by atoms with van der Waals surface area (Å²) in [6.07, 6.45) is 0.830. The van der Waals surface area contributed by atoms with Gasteiger partial charge in [-0.3, -0.25) is 9.69 Å².